The molecule has 6 nitrogen and oxygen atoms in total. The summed E-state index contributed by atoms with van der Waals surface area (Å²) in [7, 11) is 0. The maximum atomic E-state index is 12.1. The second-order valence-electron chi connectivity index (χ2n) is 5.41. The average molecular weight is 339 g/mol. The first-order valence-corrected chi connectivity index (χ1v) is 8.09. The highest BCUT2D eigenvalue weighted by Crippen LogP contribution is 2.22. The summed E-state index contributed by atoms with van der Waals surface area (Å²) < 4.78 is 0. The van der Waals surface area contributed by atoms with E-state index in [2.05, 4.69) is 15.8 Å². The van der Waals surface area contributed by atoms with Crippen molar-refractivity contribution in [2.24, 2.45) is 5.10 Å². The fourth-order valence-corrected chi connectivity index (χ4v) is 2.39. The van der Waals surface area contributed by atoms with Crippen molar-refractivity contribution in [1.29, 1.82) is 0 Å². The SMILES string of the molecule is CCc1cccc(CC)c1NC(=O)C(=O)N/N=C\c1cccc(O)c1. The number of phenols is 1. The van der Waals surface area contributed by atoms with Gasteiger partial charge in [-0.2, -0.15) is 5.10 Å². The maximum Gasteiger partial charge on any atom is 0.329 e. The molecule has 2 aromatic carbocycles. The Balaban J connectivity index is 2.03. The van der Waals surface area contributed by atoms with Gasteiger partial charge in [0, 0.05) is 5.69 Å². The number of nitrogens with zero attached hydrogens (tertiary/aromatic N) is 1. The number of para-hydroxylation sites is 1. The normalized spacial score (nSPS) is 10.6. The summed E-state index contributed by atoms with van der Waals surface area (Å²) in [5.74, 6) is -1.54. The Kier molecular flexibility index (Phi) is 6.28. The summed E-state index contributed by atoms with van der Waals surface area (Å²) in [4.78, 5) is 24.0. The molecule has 0 aromatic heterocycles. The van der Waals surface area contributed by atoms with Gasteiger partial charge in [0.05, 0.1) is 6.21 Å². The Morgan fingerprint density at radius 3 is 2.28 bits per heavy atom. The third-order valence-electron chi connectivity index (χ3n) is 3.69. The van der Waals surface area contributed by atoms with Gasteiger partial charge in [-0.05, 0) is 41.7 Å². The first kappa shape index (κ1) is 18.2. The van der Waals surface area contributed by atoms with Gasteiger partial charge in [-0.3, -0.25) is 9.59 Å². The van der Waals surface area contributed by atoms with Crippen LogP contribution in [0.5, 0.6) is 5.75 Å². The van der Waals surface area contributed by atoms with Gasteiger partial charge in [-0.15, -0.1) is 0 Å². The highest BCUT2D eigenvalue weighted by Gasteiger charge is 2.16. The minimum atomic E-state index is -0.857. The average Bonchev–Trinajstić information content (AvgIpc) is 2.61. The molecule has 0 saturated heterocycles. The van der Waals surface area contributed by atoms with Gasteiger partial charge < -0.3 is 10.4 Å². The van der Waals surface area contributed by atoms with E-state index in [0.29, 0.717) is 11.3 Å². The van der Waals surface area contributed by atoms with Crippen LogP contribution in [0.3, 0.4) is 0 Å². The lowest BCUT2D eigenvalue weighted by Gasteiger charge is -2.13. The number of amides is 2. The fourth-order valence-electron chi connectivity index (χ4n) is 2.39. The highest BCUT2D eigenvalue weighted by molar-refractivity contribution is 6.39. The molecule has 25 heavy (non-hydrogen) atoms. The summed E-state index contributed by atoms with van der Waals surface area (Å²) >= 11 is 0. The van der Waals surface area contributed by atoms with Crippen LogP contribution >= 0.6 is 0 Å². The first-order valence-electron chi connectivity index (χ1n) is 8.09. The zero-order valence-corrected chi connectivity index (χ0v) is 14.2. The van der Waals surface area contributed by atoms with E-state index in [0.717, 1.165) is 24.0 Å². The number of hydrogen-bond donors (Lipinski definition) is 3. The summed E-state index contributed by atoms with van der Waals surface area (Å²) in [6.07, 6.45) is 2.85. The van der Waals surface area contributed by atoms with Crippen molar-refractivity contribution in [2.75, 3.05) is 5.32 Å². The van der Waals surface area contributed by atoms with E-state index >= 15 is 0 Å². The van der Waals surface area contributed by atoms with Crippen molar-refractivity contribution in [1.82, 2.24) is 5.43 Å². The van der Waals surface area contributed by atoms with E-state index < -0.39 is 11.8 Å². The number of carbonyl (C=O) groups is 2. The number of rotatable bonds is 5. The summed E-state index contributed by atoms with van der Waals surface area (Å²) in [5.41, 5.74) is 5.42. The topological polar surface area (TPSA) is 90.8 Å². The van der Waals surface area contributed by atoms with E-state index in [1.54, 1.807) is 12.1 Å². The van der Waals surface area contributed by atoms with E-state index in [1.807, 2.05) is 32.0 Å². The van der Waals surface area contributed by atoms with Crippen LogP contribution in [0.25, 0.3) is 0 Å². The molecule has 130 valence electrons. The van der Waals surface area contributed by atoms with Gasteiger partial charge in [-0.1, -0.05) is 44.2 Å². The first-order chi connectivity index (χ1) is 12.0. The predicted molar refractivity (Wildman–Crippen MR) is 97.7 cm³/mol. The van der Waals surface area contributed by atoms with Gasteiger partial charge in [-0.25, -0.2) is 5.43 Å². The number of aryl methyl sites for hydroxylation is 2. The lowest BCUT2D eigenvalue weighted by Crippen LogP contribution is -2.33. The van der Waals surface area contributed by atoms with Crippen molar-refractivity contribution >= 4 is 23.7 Å². The molecule has 0 saturated carbocycles. The third kappa shape index (κ3) is 4.91. The highest BCUT2D eigenvalue weighted by atomic mass is 16.3. The molecule has 0 aliphatic heterocycles. The quantitative estimate of drug-likeness (QED) is 0.444. The Bertz CT molecular complexity index is 778. The summed E-state index contributed by atoms with van der Waals surface area (Å²) in [6, 6.07) is 12.2. The molecular formula is C19H21N3O3. The van der Waals surface area contributed by atoms with Crippen LogP contribution in [-0.4, -0.2) is 23.1 Å². The molecule has 0 bridgehead atoms. The standard InChI is InChI=1S/C19H21N3O3/c1-3-14-8-6-9-15(4-2)17(14)21-18(24)19(25)22-20-12-13-7-5-10-16(23)11-13/h5-12,23H,3-4H2,1-2H3,(H,21,24)(H,22,25)/b20-12-. The number of nitrogens with one attached hydrogen (secondary N) is 2. The van der Waals surface area contributed by atoms with Crippen LogP contribution in [-0.2, 0) is 22.4 Å². The van der Waals surface area contributed by atoms with Crippen molar-refractivity contribution < 1.29 is 14.7 Å². The number of anilines is 1. The number of aromatic hydroxyl groups is 1. The largest absolute Gasteiger partial charge is 0.508 e. The molecule has 0 fully saturated rings. The van der Waals surface area contributed by atoms with Crippen molar-refractivity contribution in [3.63, 3.8) is 0 Å². The number of phenolic OH excluding ortho intramolecular Hbond substituents is 1. The van der Waals surface area contributed by atoms with Gasteiger partial charge >= 0.3 is 11.8 Å². The van der Waals surface area contributed by atoms with Crippen molar-refractivity contribution in [3.8, 4) is 5.75 Å². The Morgan fingerprint density at radius 1 is 1.04 bits per heavy atom. The molecule has 0 heterocycles. The zero-order valence-electron chi connectivity index (χ0n) is 14.2. The minimum Gasteiger partial charge on any atom is -0.508 e. The van der Waals surface area contributed by atoms with Crippen LogP contribution in [0.4, 0.5) is 5.69 Å². The lowest BCUT2D eigenvalue weighted by atomic mass is 10.0. The summed E-state index contributed by atoms with van der Waals surface area (Å²) in [5, 5.41) is 15.8. The Morgan fingerprint density at radius 2 is 1.68 bits per heavy atom. The van der Waals surface area contributed by atoms with Gasteiger partial charge in [0.1, 0.15) is 5.75 Å². The minimum absolute atomic E-state index is 0.0938. The van der Waals surface area contributed by atoms with Gasteiger partial charge in [0.2, 0.25) is 0 Å². The lowest BCUT2D eigenvalue weighted by molar-refractivity contribution is -0.136. The molecule has 0 atom stereocenters. The van der Waals surface area contributed by atoms with Crippen LogP contribution in [0.2, 0.25) is 0 Å². The Labute approximate surface area is 146 Å². The second-order valence-corrected chi connectivity index (χ2v) is 5.41. The molecule has 3 N–H and O–H groups in total. The van der Waals surface area contributed by atoms with Crippen LogP contribution in [0, 0.1) is 0 Å². The predicted octanol–water partition coefficient (Wildman–Crippen LogP) is 2.61. The third-order valence-corrected chi connectivity index (χ3v) is 3.69. The van der Waals surface area contributed by atoms with Crippen LogP contribution in [0.1, 0.15) is 30.5 Å². The van der Waals surface area contributed by atoms with Gasteiger partial charge in [0.15, 0.2) is 0 Å². The molecule has 0 aliphatic carbocycles. The van der Waals surface area contributed by atoms with E-state index in [1.165, 1.54) is 18.3 Å². The molecular weight excluding hydrogens is 318 g/mol. The number of benzene rings is 2. The monoisotopic (exact) mass is 339 g/mol. The number of hydrazone groups is 1. The molecule has 0 unspecified atom stereocenters. The van der Waals surface area contributed by atoms with Crippen LogP contribution < -0.4 is 10.7 Å². The fraction of sp³-hybridized carbons (Fsp3) is 0.211. The molecule has 0 radical (unpaired) electrons. The molecule has 2 aromatic rings. The maximum absolute atomic E-state index is 12.1. The second kappa shape index (κ2) is 8.63. The number of carbonyl (C=O) groups excluding carboxylic acids is 2. The van der Waals surface area contributed by atoms with Crippen molar-refractivity contribution in [3.05, 3.63) is 59.2 Å². The van der Waals surface area contributed by atoms with Crippen LogP contribution in [0.15, 0.2) is 47.6 Å². The van der Waals surface area contributed by atoms with E-state index in [-0.39, 0.29) is 5.75 Å². The zero-order chi connectivity index (χ0) is 18.2. The number of hydrogen-bond acceptors (Lipinski definition) is 4. The van der Waals surface area contributed by atoms with Gasteiger partial charge in [0.25, 0.3) is 0 Å². The summed E-state index contributed by atoms with van der Waals surface area (Å²) in [6.45, 7) is 3.98. The Hall–Kier alpha value is -3.15. The molecule has 6 heteroatoms. The molecule has 0 spiro atoms. The molecule has 2 rings (SSSR count). The van der Waals surface area contributed by atoms with E-state index in [4.69, 9.17) is 0 Å². The van der Waals surface area contributed by atoms with E-state index in [9.17, 15) is 14.7 Å². The molecule has 2 amide bonds. The smallest absolute Gasteiger partial charge is 0.329 e. The molecule has 0 aliphatic rings. The van der Waals surface area contributed by atoms with Crippen molar-refractivity contribution in [2.45, 2.75) is 26.7 Å².